The highest BCUT2D eigenvalue weighted by Crippen LogP contribution is 2.21. The fourth-order valence-electron chi connectivity index (χ4n) is 2.24. The summed E-state index contributed by atoms with van der Waals surface area (Å²) in [5, 5.41) is 3.55. The molecule has 0 radical (unpaired) electrons. The lowest BCUT2D eigenvalue weighted by molar-refractivity contribution is 0.0632. The third-order valence-corrected chi connectivity index (χ3v) is 3.47. The van der Waals surface area contributed by atoms with Gasteiger partial charge < -0.3 is 14.8 Å². The number of aryl methyl sites for hydroxylation is 1. The Balaban J connectivity index is 1.98. The third kappa shape index (κ3) is 6.02. The molecule has 1 N–H and O–H groups in total. The van der Waals surface area contributed by atoms with Crippen molar-refractivity contribution in [2.45, 2.75) is 65.1 Å². The summed E-state index contributed by atoms with van der Waals surface area (Å²) in [6, 6.07) is 4.96. The van der Waals surface area contributed by atoms with E-state index in [2.05, 4.69) is 29.4 Å². The molecule has 0 aromatic carbocycles. The summed E-state index contributed by atoms with van der Waals surface area (Å²) in [4.78, 5) is 4.61. The van der Waals surface area contributed by atoms with Gasteiger partial charge in [-0.15, -0.1) is 0 Å². The van der Waals surface area contributed by atoms with Crippen molar-refractivity contribution >= 4 is 0 Å². The van der Waals surface area contributed by atoms with Crippen molar-refractivity contribution in [3.63, 3.8) is 0 Å². The topological polar surface area (TPSA) is 43.4 Å². The normalized spacial score (nSPS) is 16.0. The van der Waals surface area contributed by atoms with E-state index in [9.17, 15) is 0 Å². The molecule has 0 amide bonds. The van der Waals surface area contributed by atoms with E-state index in [0.29, 0.717) is 19.3 Å². The highest BCUT2D eigenvalue weighted by atomic mass is 16.5. The van der Waals surface area contributed by atoms with Crippen LogP contribution in [-0.4, -0.2) is 30.3 Å². The number of hydrogen-bond acceptors (Lipinski definition) is 4. The summed E-state index contributed by atoms with van der Waals surface area (Å²) >= 11 is 0. The monoisotopic (exact) mass is 292 g/mol. The van der Waals surface area contributed by atoms with Crippen molar-refractivity contribution in [3.8, 4) is 5.88 Å². The van der Waals surface area contributed by atoms with Gasteiger partial charge in [0.1, 0.15) is 6.10 Å². The maximum atomic E-state index is 5.90. The predicted octanol–water partition coefficient (Wildman–Crippen LogP) is 3.09. The highest BCUT2D eigenvalue weighted by Gasteiger charge is 2.20. The average Bonchev–Trinajstić information content (AvgIpc) is 3.27. The van der Waals surface area contributed by atoms with Crippen LogP contribution in [0.2, 0.25) is 0 Å². The lowest BCUT2D eigenvalue weighted by atomic mass is 10.1. The molecule has 4 heteroatoms. The van der Waals surface area contributed by atoms with Gasteiger partial charge in [-0.2, -0.15) is 0 Å². The molecule has 1 saturated carbocycles. The Kier molecular flexibility index (Phi) is 6.46. The molecule has 118 valence electrons. The Hall–Kier alpha value is -1.13. The molecule has 1 unspecified atom stereocenters. The van der Waals surface area contributed by atoms with Crippen LogP contribution >= 0.6 is 0 Å². The second-order valence-electron chi connectivity index (χ2n) is 5.80. The summed E-state index contributed by atoms with van der Waals surface area (Å²) in [5.41, 5.74) is 2.38. The van der Waals surface area contributed by atoms with Crippen molar-refractivity contribution in [3.05, 3.63) is 23.4 Å². The molecule has 1 aliphatic rings. The van der Waals surface area contributed by atoms with E-state index in [1.54, 1.807) is 0 Å². The second-order valence-corrected chi connectivity index (χ2v) is 5.80. The zero-order valence-electron chi connectivity index (χ0n) is 13.5. The van der Waals surface area contributed by atoms with E-state index < -0.39 is 0 Å². The SMILES string of the molecule is CCCc1cc(CNC2CC2)cc(OC(C)COCC)n1. The fourth-order valence-corrected chi connectivity index (χ4v) is 2.24. The Labute approximate surface area is 128 Å². The molecule has 2 rings (SSSR count). The standard InChI is InChI=1S/C17H28N2O2/c1-4-6-16-9-14(11-18-15-7-8-15)10-17(19-16)21-13(3)12-20-5-2/h9-10,13,15,18H,4-8,11-12H2,1-3H3. The minimum absolute atomic E-state index is 0.0265. The predicted molar refractivity (Wildman–Crippen MR) is 84.7 cm³/mol. The van der Waals surface area contributed by atoms with E-state index in [4.69, 9.17) is 9.47 Å². The van der Waals surface area contributed by atoms with Crippen LogP contribution in [0.4, 0.5) is 0 Å². The number of ether oxygens (including phenoxy) is 2. The lowest BCUT2D eigenvalue weighted by Gasteiger charge is -2.15. The van der Waals surface area contributed by atoms with Crippen LogP contribution in [0.1, 0.15) is 51.3 Å². The summed E-state index contributed by atoms with van der Waals surface area (Å²) < 4.78 is 11.3. The van der Waals surface area contributed by atoms with Crippen molar-refractivity contribution in [1.82, 2.24) is 10.3 Å². The van der Waals surface area contributed by atoms with Crippen LogP contribution in [0.3, 0.4) is 0 Å². The molecular formula is C17H28N2O2. The van der Waals surface area contributed by atoms with Crippen LogP contribution in [0.5, 0.6) is 5.88 Å². The molecule has 1 aromatic rings. The second kappa shape index (κ2) is 8.35. The minimum Gasteiger partial charge on any atom is -0.472 e. The van der Waals surface area contributed by atoms with Crippen LogP contribution < -0.4 is 10.1 Å². The van der Waals surface area contributed by atoms with Crippen molar-refractivity contribution in [2.24, 2.45) is 0 Å². The highest BCUT2D eigenvalue weighted by molar-refractivity contribution is 5.25. The molecule has 1 atom stereocenters. The maximum absolute atomic E-state index is 5.90. The number of pyridine rings is 1. The summed E-state index contributed by atoms with van der Waals surface area (Å²) in [6.07, 6.45) is 4.73. The summed E-state index contributed by atoms with van der Waals surface area (Å²) in [5.74, 6) is 0.723. The first-order valence-corrected chi connectivity index (χ1v) is 8.18. The van der Waals surface area contributed by atoms with Gasteiger partial charge in [0.15, 0.2) is 0 Å². The molecule has 21 heavy (non-hydrogen) atoms. The number of aromatic nitrogens is 1. The minimum atomic E-state index is 0.0265. The van der Waals surface area contributed by atoms with E-state index >= 15 is 0 Å². The zero-order valence-corrected chi connectivity index (χ0v) is 13.5. The Morgan fingerprint density at radius 2 is 2.14 bits per heavy atom. The molecule has 0 spiro atoms. The number of nitrogens with zero attached hydrogens (tertiary/aromatic N) is 1. The molecule has 0 saturated heterocycles. The largest absolute Gasteiger partial charge is 0.472 e. The van der Waals surface area contributed by atoms with Crippen LogP contribution in [0, 0.1) is 0 Å². The van der Waals surface area contributed by atoms with Gasteiger partial charge in [-0.1, -0.05) is 13.3 Å². The van der Waals surface area contributed by atoms with E-state index in [1.807, 2.05) is 13.8 Å². The molecule has 0 bridgehead atoms. The summed E-state index contributed by atoms with van der Waals surface area (Å²) in [6.45, 7) is 8.41. The molecule has 4 nitrogen and oxygen atoms in total. The Morgan fingerprint density at radius 3 is 2.81 bits per heavy atom. The van der Waals surface area contributed by atoms with E-state index in [-0.39, 0.29) is 6.10 Å². The number of rotatable bonds is 10. The Bertz CT molecular complexity index is 433. The Morgan fingerprint density at radius 1 is 1.33 bits per heavy atom. The zero-order chi connectivity index (χ0) is 15.1. The van der Waals surface area contributed by atoms with Gasteiger partial charge >= 0.3 is 0 Å². The third-order valence-electron chi connectivity index (χ3n) is 3.47. The fraction of sp³-hybridized carbons (Fsp3) is 0.706. The van der Waals surface area contributed by atoms with Gasteiger partial charge in [0.05, 0.1) is 6.61 Å². The number of hydrogen-bond donors (Lipinski definition) is 1. The van der Waals surface area contributed by atoms with E-state index in [0.717, 1.165) is 31.0 Å². The summed E-state index contributed by atoms with van der Waals surface area (Å²) in [7, 11) is 0. The first kappa shape index (κ1) is 16.2. The molecule has 1 fully saturated rings. The molecule has 0 aliphatic heterocycles. The van der Waals surface area contributed by atoms with Gasteiger partial charge in [-0.3, -0.25) is 0 Å². The van der Waals surface area contributed by atoms with Crippen LogP contribution in [0.25, 0.3) is 0 Å². The first-order chi connectivity index (χ1) is 10.2. The van der Waals surface area contributed by atoms with Crippen molar-refractivity contribution in [1.29, 1.82) is 0 Å². The lowest BCUT2D eigenvalue weighted by Crippen LogP contribution is -2.20. The number of nitrogens with one attached hydrogen (secondary N) is 1. The molecule has 1 heterocycles. The van der Waals surface area contributed by atoms with Gasteiger partial charge in [-0.25, -0.2) is 4.98 Å². The molecular weight excluding hydrogens is 264 g/mol. The van der Waals surface area contributed by atoms with Gasteiger partial charge in [-0.05, 0) is 44.7 Å². The van der Waals surface area contributed by atoms with Crippen molar-refractivity contribution < 1.29 is 9.47 Å². The van der Waals surface area contributed by atoms with Crippen LogP contribution in [-0.2, 0) is 17.7 Å². The quantitative estimate of drug-likeness (QED) is 0.719. The maximum Gasteiger partial charge on any atom is 0.214 e. The van der Waals surface area contributed by atoms with E-state index in [1.165, 1.54) is 18.4 Å². The average molecular weight is 292 g/mol. The van der Waals surface area contributed by atoms with Crippen LogP contribution in [0.15, 0.2) is 12.1 Å². The first-order valence-electron chi connectivity index (χ1n) is 8.18. The molecule has 1 aromatic heterocycles. The van der Waals surface area contributed by atoms with Gasteiger partial charge in [0.25, 0.3) is 0 Å². The van der Waals surface area contributed by atoms with Gasteiger partial charge in [0.2, 0.25) is 5.88 Å². The van der Waals surface area contributed by atoms with Gasteiger partial charge in [0, 0.05) is 31.0 Å². The van der Waals surface area contributed by atoms with Crippen molar-refractivity contribution in [2.75, 3.05) is 13.2 Å². The smallest absolute Gasteiger partial charge is 0.214 e. The molecule has 1 aliphatic carbocycles.